The normalized spacial score (nSPS) is 12.9. The SMILES string of the molecule is CCC(C)(C)NC(=O)C(C)Oc1c(Br)cccc1CNC. The Bertz CT molecular complexity index is 489. The maximum atomic E-state index is 12.2. The van der Waals surface area contributed by atoms with Crippen LogP contribution in [0.4, 0.5) is 0 Å². The first kappa shape index (κ1) is 18.0. The summed E-state index contributed by atoms with van der Waals surface area (Å²) in [6, 6.07) is 5.85. The van der Waals surface area contributed by atoms with Gasteiger partial charge in [-0.2, -0.15) is 0 Å². The topological polar surface area (TPSA) is 50.4 Å². The first-order chi connectivity index (χ1) is 9.80. The monoisotopic (exact) mass is 356 g/mol. The number of benzene rings is 1. The van der Waals surface area contributed by atoms with E-state index in [1.807, 2.05) is 46.0 Å². The van der Waals surface area contributed by atoms with Gasteiger partial charge in [-0.3, -0.25) is 4.79 Å². The minimum atomic E-state index is -0.551. The van der Waals surface area contributed by atoms with E-state index in [0.717, 1.165) is 16.5 Å². The molecular formula is C16H25BrN2O2. The summed E-state index contributed by atoms with van der Waals surface area (Å²) < 4.78 is 6.73. The third-order valence-corrected chi connectivity index (χ3v) is 4.05. The van der Waals surface area contributed by atoms with Gasteiger partial charge in [-0.15, -0.1) is 0 Å². The van der Waals surface area contributed by atoms with Gasteiger partial charge in [-0.1, -0.05) is 19.1 Å². The molecule has 0 spiro atoms. The number of nitrogens with one attached hydrogen (secondary N) is 2. The molecule has 1 aromatic rings. The Morgan fingerprint density at radius 1 is 1.43 bits per heavy atom. The number of hydrogen-bond acceptors (Lipinski definition) is 3. The van der Waals surface area contributed by atoms with Crippen molar-refractivity contribution in [2.75, 3.05) is 7.05 Å². The van der Waals surface area contributed by atoms with Crippen LogP contribution >= 0.6 is 15.9 Å². The third-order valence-electron chi connectivity index (χ3n) is 3.43. The van der Waals surface area contributed by atoms with Crippen LogP contribution in [0.1, 0.15) is 39.7 Å². The summed E-state index contributed by atoms with van der Waals surface area (Å²) in [5.74, 6) is 0.608. The highest BCUT2D eigenvalue weighted by molar-refractivity contribution is 9.10. The summed E-state index contributed by atoms with van der Waals surface area (Å²) in [5, 5.41) is 6.10. The molecule has 1 unspecified atom stereocenters. The van der Waals surface area contributed by atoms with Crippen LogP contribution in [0.3, 0.4) is 0 Å². The quantitative estimate of drug-likeness (QED) is 0.788. The number of hydrogen-bond donors (Lipinski definition) is 2. The van der Waals surface area contributed by atoms with Crippen LogP contribution in [0.5, 0.6) is 5.75 Å². The first-order valence-corrected chi connectivity index (χ1v) is 8.00. The van der Waals surface area contributed by atoms with Crippen LogP contribution in [-0.4, -0.2) is 24.6 Å². The molecule has 0 radical (unpaired) electrons. The molecule has 1 aromatic carbocycles. The molecule has 0 aliphatic rings. The van der Waals surface area contributed by atoms with E-state index in [-0.39, 0.29) is 11.4 Å². The Kier molecular flexibility index (Phi) is 6.68. The molecule has 1 rings (SSSR count). The van der Waals surface area contributed by atoms with Gasteiger partial charge in [0.25, 0.3) is 5.91 Å². The van der Waals surface area contributed by atoms with E-state index in [4.69, 9.17) is 4.74 Å². The first-order valence-electron chi connectivity index (χ1n) is 7.21. The second-order valence-electron chi connectivity index (χ2n) is 5.75. The summed E-state index contributed by atoms with van der Waals surface area (Å²) in [7, 11) is 1.88. The largest absolute Gasteiger partial charge is 0.479 e. The molecule has 1 amide bonds. The van der Waals surface area contributed by atoms with Crippen LogP contribution in [-0.2, 0) is 11.3 Å². The maximum absolute atomic E-state index is 12.2. The maximum Gasteiger partial charge on any atom is 0.261 e. The fourth-order valence-electron chi connectivity index (χ4n) is 1.77. The van der Waals surface area contributed by atoms with E-state index in [1.165, 1.54) is 0 Å². The Labute approximate surface area is 135 Å². The predicted molar refractivity (Wildman–Crippen MR) is 89.5 cm³/mol. The van der Waals surface area contributed by atoms with Gasteiger partial charge in [0.2, 0.25) is 0 Å². The molecule has 0 saturated heterocycles. The highest BCUT2D eigenvalue weighted by Gasteiger charge is 2.24. The zero-order chi connectivity index (χ0) is 16.0. The lowest BCUT2D eigenvalue weighted by Gasteiger charge is -2.27. The molecule has 0 bridgehead atoms. The summed E-state index contributed by atoms with van der Waals surface area (Å²) in [5.41, 5.74) is 0.789. The highest BCUT2D eigenvalue weighted by Crippen LogP contribution is 2.30. The average Bonchev–Trinajstić information content (AvgIpc) is 2.42. The molecule has 21 heavy (non-hydrogen) atoms. The number of carbonyl (C=O) groups is 1. The van der Waals surface area contributed by atoms with Crippen LogP contribution < -0.4 is 15.4 Å². The molecule has 0 aliphatic heterocycles. The van der Waals surface area contributed by atoms with Crippen molar-refractivity contribution < 1.29 is 9.53 Å². The van der Waals surface area contributed by atoms with Crippen molar-refractivity contribution in [3.8, 4) is 5.75 Å². The Morgan fingerprint density at radius 3 is 2.67 bits per heavy atom. The predicted octanol–water partition coefficient (Wildman–Crippen LogP) is 3.24. The van der Waals surface area contributed by atoms with Gasteiger partial charge in [-0.05, 0) is 56.2 Å². The van der Waals surface area contributed by atoms with Crippen molar-refractivity contribution in [1.29, 1.82) is 0 Å². The second-order valence-corrected chi connectivity index (χ2v) is 6.60. The molecule has 5 heteroatoms. The lowest BCUT2D eigenvalue weighted by atomic mass is 10.0. The molecule has 4 nitrogen and oxygen atoms in total. The van der Waals surface area contributed by atoms with Crippen LogP contribution in [0, 0.1) is 0 Å². The molecule has 2 N–H and O–H groups in total. The van der Waals surface area contributed by atoms with E-state index in [1.54, 1.807) is 6.92 Å². The lowest BCUT2D eigenvalue weighted by molar-refractivity contribution is -0.129. The van der Waals surface area contributed by atoms with Crippen molar-refractivity contribution >= 4 is 21.8 Å². The number of halogens is 1. The number of rotatable bonds is 7. The Morgan fingerprint density at radius 2 is 2.10 bits per heavy atom. The van der Waals surface area contributed by atoms with Crippen molar-refractivity contribution in [2.45, 2.75) is 52.3 Å². The van der Waals surface area contributed by atoms with Gasteiger partial charge in [0.05, 0.1) is 4.47 Å². The van der Waals surface area contributed by atoms with Gasteiger partial charge in [-0.25, -0.2) is 0 Å². The average molecular weight is 357 g/mol. The van der Waals surface area contributed by atoms with Crippen LogP contribution in [0.15, 0.2) is 22.7 Å². The molecule has 0 aliphatic carbocycles. The Hall–Kier alpha value is -1.07. The van der Waals surface area contributed by atoms with Crippen molar-refractivity contribution in [2.24, 2.45) is 0 Å². The van der Waals surface area contributed by atoms with Crippen molar-refractivity contribution in [3.05, 3.63) is 28.2 Å². The van der Waals surface area contributed by atoms with Crippen molar-refractivity contribution in [3.63, 3.8) is 0 Å². The van der Waals surface area contributed by atoms with E-state index >= 15 is 0 Å². The standard InChI is InChI=1S/C16H25BrN2O2/c1-6-16(3,4)19-15(20)11(2)21-14-12(10-18-5)8-7-9-13(14)17/h7-9,11,18H,6,10H2,1-5H3,(H,19,20). The number of para-hydroxylation sites is 1. The third kappa shape index (κ3) is 5.32. The summed E-state index contributed by atoms with van der Waals surface area (Å²) >= 11 is 3.49. The number of ether oxygens (including phenoxy) is 1. The fourth-order valence-corrected chi connectivity index (χ4v) is 2.27. The minimum Gasteiger partial charge on any atom is -0.479 e. The summed E-state index contributed by atoms with van der Waals surface area (Å²) in [6.07, 6.45) is 0.316. The molecular weight excluding hydrogens is 332 g/mol. The smallest absolute Gasteiger partial charge is 0.261 e. The summed E-state index contributed by atoms with van der Waals surface area (Å²) in [6.45, 7) is 8.50. The van der Waals surface area contributed by atoms with Crippen LogP contribution in [0.2, 0.25) is 0 Å². The Balaban J connectivity index is 2.83. The van der Waals surface area contributed by atoms with E-state index < -0.39 is 6.10 Å². The van der Waals surface area contributed by atoms with E-state index in [0.29, 0.717) is 12.3 Å². The van der Waals surface area contributed by atoms with Gasteiger partial charge in [0.1, 0.15) is 5.75 Å². The highest BCUT2D eigenvalue weighted by atomic mass is 79.9. The molecule has 118 valence electrons. The van der Waals surface area contributed by atoms with Gasteiger partial charge in [0, 0.05) is 17.6 Å². The number of carbonyl (C=O) groups excluding carboxylic acids is 1. The minimum absolute atomic E-state index is 0.104. The van der Waals surface area contributed by atoms with Gasteiger partial charge >= 0.3 is 0 Å². The van der Waals surface area contributed by atoms with Gasteiger partial charge in [0.15, 0.2) is 6.10 Å². The zero-order valence-corrected chi connectivity index (χ0v) is 15.0. The van der Waals surface area contributed by atoms with E-state index in [9.17, 15) is 4.79 Å². The summed E-state index contributed by atoms with van der Waals surface area (Å²) in [4.78, 5) is 12.2. The molecule has 0 fully saturated rings. The van der Waals surface area contributed by atoms with E-state index in [2.05, 4.69) is 26.6 Å². The molecule has 1 atom stereocenters. The molecule has 0 saturated carbocycles. The van der Waals surface area contributed by atoms with Crippen LogP contribution in [0.25, 0.3) is 0 Å². The second kappa shape index (κ2) is 7.80. The lowest BCUT2D eigenvalue weighted by Crippen LogP contribution is -2.48. The number of amides is 1. The van der Waals surface area contributed by atoms with Crippen molar-refractivity contribution in [1.82, 2.24) is 10.6 Å². The zero-order valence-electron chi connectivity index (χ0n) is 13.4. The molecule has 0 heterocycles. The molecule has 0 aromatic heterocycles. The fraction of sp³-hybridized carbons (Fsp3) is 0.562. The van der Waals surface area contributed by atoms with Gasteiger partial charge < -0.3 is 15.4 Å².